The third-order valence-electron chi connectivity index (χ3n) is 5.44. The summed E-state index contributed by atoms with van der Waals surface area (Å²) >= 11 is 0. The molecule has 1 aliphatic heterocycles. The Kier molecular flexibility index (Phi) is 4.85. The number of amides is 3. The van der Waals surface area contributed by atoms with E-state index in [9.17, 15) is 23.6 Å². The summed E-state index contributed by atoms with van der Waals surface area (Å²) in [6, 6.07) is 10.4. The van der Waals surface area contributed by atoms with E-state index in [1.54, 1.807) is 6.92 Å². The van der Waals surface area contributed by atoms with Crippen molar-refractivity contribution in [1.29, 1.82) is 0 Å². The SMILES string of the molecule is C[C@]1(C2CC2)NC(=O)N(CC(=O)Oc2ccc(C(=O)c3ccc(F)cc3)cc2)C1=O. The number of hydrogen-bond donors (Lipinski definition) is 1. The first-order valence-electron chi connectivity index (χ1n) is 9.53. The van der Waals surface area contributed by atoms with Gasteiger partial charge in [-0.15, -0.1) is 0 Å². The number of carbonyl (C=O) groups excluding carboxylic acids is 4. The van der Waals surface area contributed by atoms with Gasteiger partial charge in [-0.3, -0.25) is 14.5 Å². The Morgan fingerprint density at radius 2 is 1.63 bits per heavy atom. The topological polar surface area (TPSA) is 92.8 Å². The fourth-order valence-electron chi connectivity index (χ4n) is 3.53. The first-order valence-corrected chi connectivity index (χ1v) is 9.53. The highest BCUT2D eigenvalue weighted by atomic mass is 19.1. The highest BCUT2D eigenvalue weighted by Gasteiger charge is 2.56. The molecule has 0 bridgehead atoms. The molecular weight excluding hydrogens is 391 g/mol. The molecule has 2 fully saturated rings. The summed E-state index contributed by atoms with van der Waals surface area (Å²) in [5.41, 5.74) is -0.283. The van der Waals surface area contributed by atoms with E-state index in [1.165, 1.54) is 48.5 Å². The van der Waals surface area contributed by atoms with E-state index < -0.39 is 35.8 Å². The first-order chi connectivity index (χ1) is 14.3. The maximum Gasteiger partial charge on any atom is 0.331 e. The molecule has 8 heteroatoms. The van der Waals surface area contributed by atoms with E-state index in [4.69, 9.17) is 4.74 Å². The van der Waals surface area contributed by atoms with Gasteiger partial charge in [0.05, 0.1) is 0 Å². The lowest BCUT2D eigenvalue weighted by Gasteiger charge is -2.20. The molecule has 1 atom stereocenters. The van der Waals surface area contributed by atoms with Crippen molar-refractivity contribution in [2.75, 3.05) is 6.54 Å². The number of imide groups is 1. The first kappa shape index (κ1) is 19.8. The molecule has 2 aromatic rings. The predicted octanol–water partition coefficient (Wildman–Crippen LogP) is 2.68. The number of hydrogen-bond acceptors (Lipinski definition) is 5. The van der Waals surface area contributed by atoms with Crippen LogP contribution in [0.1, 0.15) is 35.7 Å². The predicted molar refractivity (Wildman–Crippen MR) is 103 cm³/mol. The monoisotopic (exact) mass is 410 g/mol. The van der Waals surface area contributed by atoms with Crippen LogP contribution in [0.2, 0.25) is 0 Å². The summed E-state index contributed by atoms with van der Waals surface area (Å²) in [7, 11) is 0. The van der Waals surface area contributed by atoms with Gasteiger partial charge in [-0.2, -0.15) is 0 Å². The smallest absolute Gasteiger partial charge is 0.331 e. The molecule has 0 spiro atoms. The Hall–Kier alpha value is -3.55. The Bertz CT molecular complexity index is 1030. The van der Waals surface area contributed by atoms with Crippen molar-refractivity contribution in [3.8, 4) is 5.75 Å². The van der Waals surface area contributed by atoms with Gasteiger partial charge in [0.25, 0.3) is 5.91 Å². The summed E-state index contributed by atoms with van der Waals surface area (Å²) in [4.78, 5) is 50.2. The molecule has 3 amide bonds. The molecule has 1 N–H and O–H groups in total. The Morgan fingerprint density at radius 3 is 2.20 bits per heavy atom. The van der Waals surface area contributed by atoms with E-state index in [1.807, 2.05) is 0 Å². The molecule has 1 aliphatic carbocycles. The molecule has 154 valence electrons. The third-order valence-corrected chi connectivity index (χ3v) is 5.44. The number of nitrogens with one attached hydrogen (secondary N) is 1. The number of ether oxygens (including phenoxy) is 1. The van der Waals surface area contributed by atoms with Crippen LogP contribution in [0, 0.1) is 11.7 Å². The van der Waals surface area contributed by atoms with E-state index in [2.05, 4.69) is 5.32 Å². The highest BCUT2D eigenvalue weighted by Crippen LogP contribution is 2.42. The van der Waals surface area contributed by atoms with Crippen molar-refractivity contribution in [2.24, 2.45) is 5.92 Å². The van der Waals surface area contributed by atoms with Gasteiger partial charge in [-0.1, -0.05) is 0 Å². The van der Waals surface area contributed by atoms with E-state index in [-0.39, 0.29) is 17.5 Å². The van der Waals surface area contributed by atoms with Crippen molar-refractivity contribution in [2.45, 2.75) is 25.3 Å². The van der Waals surface area contributed by atoms with Crippen molar-refractivity contribution in [3.63, 3.8) is 0 Å². The number of esters is 1. The molecule has 0 aromatic heterocycles. The van der Waals surface area contributed by atoms with Gasteiger partial charge < -0.3 is 10.1 Å². The number of ketones is 1. The molecule has 30 heavy (non-hydrogen) atoms. The third kappa shape index (κ3) is 3.68. The summed E-state index contributed by atoms with van der Waals surface area (Å²) in [6.07, 6.45) is 1.73. The van der Waals surface area contributed by atoms with Gasteiger partial charge in [-0.25, -0.2) is 14.0 Å². The van der Waals surface area contributed by atoms with Gasteiger partial charge in [-0.05, 0) is 74.2 Å². The fraction of sp³-hybridized carbons (Fsp3) is 0.273. The lowest BCUT2D eigenvalue weighted by Crippen LogP contribution is -2.46. The molecule has 1 saturated heterocycles. The Labute approximate surface area is 171 Å². The van der Waals surface area contributed by atoms with E-state index in [0.29, 0.717) is 11.1 Å². The quantitative estimate of drug-likeness (QED) is 0.342. The maximum atomic E-state index is 13.0. The zero-order valence-electron chi connectivity index (χ0n) is 16.2. The van der Waals surface area contributed by atoms with Crippen molar-refractivity contribution < 1.29 is 28.3 Å². The van der Waals surface area contributed by atoms with Gasteiger partial charge in [0, 0.05) is 11.1 Å². The number of urea groups is 1. The van der Waals surface area contributed by atoms with Crippen molar-refractivity contribution >= 4 is 23.7 Å². The summed E-state index contributed by atoms with van der Waals surface area (Å²) in [6.45, 7) is 1.18. The molecule has 0 radical (unpaired) electrons. The van der Waals surface area contributed by atoms with Crippen molar-refractivity contribution in [3.05, 3.63) is 65.5 Å². The number of benzene rings is 2. The summed E-state index contributed by atoms with van der Waals surface area (Å²) < 4.78 is 18.2. The van der Waals surface area contributed by atoms with Crippen LogP contribution in [0.5, 0.6) is 5.75 Å². The van der Waals surface area contributed by atoms with Crippen molar-refractivity contribution in [1.82, 2.24) is 10.2 Å². The van der Waals surface area contributed by atoms with Crippen LogP contribution >= 0.6 is 0 Å². The molecule has 1 heterocycles. The van der Waals surface area contributed by atoms with Gasteiger partial charge in [0.1, 0.15) is 23.7 Å². The lowest BCUT2D eigenvalue weighted by atomic mass is 9.96. The van der Waals surface area contributed by atoms with Crippen LogP contribution in [-0.4, -0.2) is 40.7 Å². The average molecular weight is 410 g/mol. The van der Waals surface area contributed by atoms with Gasteiger partial charge in [0.2, 0.25) is 0 Å². The molecule has 7 nitrogen and oxygen atoms in total. The van der Waals surface area contributed by atoms with Crippen LogP contribution in [-0.2, 0) is 9.59 Å². The number of carbonyl (C=O) groups is 4. The molecule has 4 rings (SSSR count). The molecule has 0 unspecified atom stereocenters. The zero-order chi connectivity index (χ0) is 21.5. The normalized spacial score (nSPS) is 20.8. The Morgan fingerprint density at radius 1 is 1.07 bits per heavy atom. The lowest BCUT2D eigenvalue weighted by molar-refractivity contribution is -0.141. The molecule has 2 aliphatic rings. The van der Waals surface area contributed by atoms with Crippen LogP contribution < -0.4 is 10.1 Å². The summed E-state index contributed by atoms with van der Waals surface area (Å²) in [5, 5.41) is 2.67. The Balaban J connectivity index is 1.38. The molecular formula is C22H19FN2O5. The minimum Gasteiger partial charge on any atom is -0.425 e. The largest absolute Gasteiger partial charge is 0.425 e. The molecule has 1 saturated carbocycles. The second kappa shape index (κ2) is 7.37. The summed E-state index contributed by atoms with van der Waals surface area (Å²) in [5.74, 6) is -1.65. The maximum absolute atomic E-state index is 13.0. The average Bonchev–Trinajstić information content (AvgIpc) is 3.55. The standard InChI is InChI=1S/C22H19FN2O5/c1-22(15-6-7-15)20(28)25(21(29)24-22)12-18(26)30-17-10-4-14(5-11-17)19(27)13-2-8-16(23)9-3-13/h2-5,8-11,15H,6-7,12H2,1H3,(H,24,29)/t22-/m1/s1. The number of halogens is 1. The van der Waals surface area contributed by atoms with Crippen LogP contribution in [0.4, 0.5) is 9.18 Å². The number of nitrogens with zero attached hydrogens (tertiary/aromatic N) is 1. The van der Waals surface area contributed by atoms with Gasteiger partial charge >= 0.3 is 12.0 Å². The highest BCUT2D eigenvalue weighted by molar-refractivity contribution is 6.09. The minimum absolute atomic E-state index is 0.0983. The van der Waals surface area contributed by atoms with Crippen LogP contribution in [0.3, 0.4) is 0 Å². The zero-order valence-corrected chi connectivity index (χ0v) is 16.2. The second-order valence-electron chi connectivity index (χ2n) is 7.63. The van der Waals surface area contributed by atoms with E-state index >= 15 is 0 Å². The number of rotatable bonds is 6. The van der Waals surface area contributed by atoms with Crippen LogP contribution in [0.25, 0.3) is 0 Å². The minimum atomic E-state index is -0.959. The fourth-order valence-corrected chi connectivity index (χ4v) is 3.53. The van der Waals surface area contributed by atoms with Crippen LogP contribution in [0.15, 0.2) is 48.5 Å². The van der Waals surface area contributed by atoms with Gasteiger partial charge in [0.15, 0.2) is 5.78 Å². The molecule has 2 aromatic carbocycles. The van der Waals surface area contributed by atoms with E-state index in [0.717, 1.165) is 17.7 Å². The second-order valence-corrected chi connectivity index (χ2v) is 7.63.